The van der Waals surface area contributed by atoms with Gasteiger partial charge >= 0.3 is 0 Å². The number of para-hydroxylation sites is 1. The van der Waals surface area contributed by atoms with E-state index in [1.54, 1.807) is 37.8 Å². The van der Waals surface area contributed by atoms with Gasteiger partial charge in [-0.1, -0.05) is 38.1 Å². The summed E-state index contributed by atoms with van der Waals surface area (Å²) in [6.45, 7) is 8.53. The molecular weight excluding hydrogens is 348 g/mol. The molecule has 0 saturated heterocycles. The van der Waals surface area contributed by atoms with Crippen molar-refractivity contribution in [3.05, 3.63) is 59.7 Å². The maximum Gasteiger partial charge on any atom is 0.258 e. The van der Waals surface area contributed by atoms with Crippen molar-refractivity contribution in [1.29, 1.82) is 0 Å². The second-order valence-corrected chi connectivity index (χ2v) is 7.86. The van der Waals surface area contributed by atoms with Gasteiger partial charge in [0.2, 0.25) is 10.0 Å². The lowest BCUT2D eigenvalue weighted by molar-refractivity contribution is 0.0988. The molecule has 0 N–H and O–H groups in total. The molecule has 2 rings (SSSR count). The maximum absolute atomic E-state index is 13.0. The van der Waals surface area contributed by atoms with Gasteiger partial charge in [0.25, 0.3) is 5.91 Å². The second kappa shape index (κ2) is 8.47. The van der Waals surface area contributed by atoms with Crippen LogP contribution < -0.4 is 4.90 Å². The van der Waals surface area contributed by atoms with Crippen molar-refractivity contribution < 1.29 is 13.2 Å². The molecule has 1 amide bonds. The molecule has 6 heteroatoms. The van der Waals surface area contributed by atoms with Gasteiger partial charge in [0, 0.05) is 30.9 Å². The van der Waals surface area contributed by atoms with Crippen molar-refractivity contribution in [3.63, 3.8) is 0 Å². The van der Waals surface area contributed by atoms with E-state index < -0.39 is 10.0 Å². The van der Waals surface area contributed by atoms with Crippen molar-refractivity contribution in [2.75, 3.05) is 24.5 Å². The summed E-state index contributed by atoms with van der Waals surface area (Å²) in [6.07, 6.45) is 0. The van der Waals surface area contributed by atoms with Gasteiger partial charge in [-0.2, -0.15) is 4.31 Å². The fourth-order valence-electron chi connectivity index (χ4n) is 2.92. The van der Waals surface area contributed by atoms with Crippen LogP contribution in [0, 0.1) is 6.92 Å². The Hall–Kier alpha value is -2.18. The number of sulfonamides is 1. The molecule has 0 aromatic heterocycles. The number of carbonyl (C=O) groups excluding carboxylic acids is 1. The zero-order valence-corrected chi connectivity index (χ0v) is 16.6. The van der Waals surface area contributed by atoms with Crippen LogP contribution in [0.5, 0.6) is 0 Å². The lowest BCUT2D eigenvalue weighted by Gasteiger charge is -2.23. The first-order chi connectivity index (χ1) is 12.4. The van der Waals surface area contributed by atoms with Gasteiger partial charge in [0.15, 0.2) is 0 Å². The SMILES string of the molecule is CCN(C(=O)c1ccc(C)c(S(=O)(=O)N(CC)CC)c1)c1ccccc1. The molecule has 2 aromatic carbocycles. The van der Waals surface area contributed by atoms with Crippen LogP contribution in [0.15, 0.2) is 53.4 Å². The van der Waals surface area contributed by atoms with E-state index in [4.69, 9.17) is 0 Å². The van der Waals surface area contributed by atoms with Crippen LogP contribution in [0.25, 0.3) is 0 Å². The summed E-state index contributed by atoms with van der Waals surface area (Å²) in [5.74, 6) is -0.213. The number of benzene rings is 2. The zero-order valence-electron chi connectivity index (χ0n) is 15.8. The van der Waals surface area contributed by atoms with Crippen molar-refractivity contribution in [3.8, 4) is 0 Å². The zero-order chi connectivity index (χ0) is 19.3. The summed E-state index contributed by atoms with van der Waals surface area (Å²) in [4.78, 5) is 14.8. The summed E-state index contributed by atoms with van der Waals surface area (Å²) < 4.78 is 27.2. The summed E-state index contributed by atoms with van der Waals surface area (Å²) in [7, 11) is -3.62. The molecule has 0 aliphatic heterocycles. The quantitative estimate of drug-likeness (QED) is 0.743. The smallest absolute Gasteiger partial charge is 0.258 e. The predicted molar refractivity (Wildman–Crippen MR) is 105 cm³/mol. The van der Waals surface area contributed by atoms with Crippen molar-refractivity contribution >= 4 is 21.6 Å². The van der Waals surface area contributed by atoms with Gasteiger partial charge in [0.1, 0.15) is 0 Å². The molecule has 140 valence electrons. The third-order valence-corrected chi connectivity index (χ3v) is 6.58. The molecule has 0 saturated carbocycles. The lowest BCUT2D eigenvalue weighted by Crippen LogP contribution is -2.32. The van der Waals surface area contributed by atoms with Crippen LogP contribution in [-0.2, 0) is 10.0 Å². The number of hydrogen-bond acceptors (Lipinski definition) is 3. The Morgan fingerprint density at radius 2 is 1.54 bits per heavy atom. The highest BCUT2D eigenvalue weighted by molar-refractivity contribution is 7.89. The molecule has 0 unspecified atom stereocenters. The van der Waals surface area contributed by atoms with E-state index in [9.17, 15) is 13.2 Å². The van der Waals surface area contributed by atoms with Crippen molar-refractivity contribution in [1.82, 2.24) is 4.31 Å². The third-order valence-electron chi connectivity index (χ3n) is 4.39. The van der Waals surface area contributed by atoms with Crippen LogP contribution in [0.4, 0.5) is 5.69 Å². The van der Waals surface area contributed by atoms with Gasteiger partial charge in [-0.15, -0.1) is 0 Å². The van der Waals surface area contributed by atoms with Crippen LogP contribution in [0.1, 0.15) is 36.7 Å². The Labute approximate surface area is 156 Å². The minimum absolute atomic E-state index is 0.191. The van der Waals surface area contributed by atoms with Crippen molar-refractivity contribution in [2.45, 2.75) is 32.6 Å². The highest BCUT2D eigenvalue weighted by Gasteiger charge is 2.25. The molecule has 0 aliphatic rings. The van der Waals surface area contributed by atoms with Crippen LogP contribution in [0.3, 0.4) is 0 Å². The van der Waals surface area contributed by atoms with Gasteiger partial charge in [-0.05, 0) is 43.7 Å². The third kappa shape index (κ3) is 3.97. The Morgan fingerprint density at radius 3 is 2.08 bits per heavy atom. The molecule has 0 atom stereocenters. The number of hydrogen-bond donors (Lipinski definition) is 0. The maximum atomic E-state index is 13.0. The summed E-state index contributed by atoms with van der Waals surface area (Å²) in [5.41, 5.74) is 1.79. The molecular formula is C20H26N2O3S. The number of amides is 1. The fourth-order valence-corrected chi connectivity index (χ4v) is 4.63. The molecule has 0 heterocycles. The average molecular weight is 375 g/mol. The van der Waals surface area contributed by atoms with E-state index in [1.165, 1.54) is 10.4 Å². The highest BCUT2D eigenvalue weighted by Crippen LogP contribution is 2.23. The Morgan fingerprint density at radius 1 is 0.923 bits per heavy atom. The number of carbonyl (C=O) groups is 1. The average Bonchev–Trinajstić information content (AvgIpc) is 2.64. The van der Waals surface area contributed by atoms with Crippen LogP contribution >= 0.6 is 0 Å². The molecule has 26 heavy (non-hydrogen) atoms. The molecule has 2 aromatic rings. The van der Waals surface area contributed by atoms with E-state index >= 15 is 0 Å². The van der Waals surface area contributed by atoms with Crippen molar-refractivity contribution in [2.24, 2.45) is 0 Å². The van der Waals surface area contributed by atoms with Gasteiger partial charge in [-0.3, -0.25) is 4.79 Å². The first-order valence-corrected chi connectivity index (χ1v) is 10.3. The first kappa shape index (κ1) is 20.1. The van der Waals surface area contributed by atoms with Gasteiger partial charge < -0.3 is 4.90 Å². The van der Waals surface area contributed by atoms with E-state index in [2.05, 4.69) is 0 Å². The van der Waals surface area contributed by atoms with E-state index in [1.807, 2.05) is 37.3 Å². The Balaban J connectivity index is 2.47. The minimum Gasteiger partial charge on any atom is -0.309 e. The summed E-state index contributed by atoms with van der Waals surface area (Å²) >= 11 is 0. The number of anilines is 1. The topological polar surface area (TPSA) is 57.7 Å². The summed E-state index contributed by atoms with van der Waals surface area (Å²) in [6, 6.07) is 14.2. The largest absolute Gasteiger partial charge is 0.309 e. The summed E-state index contributed by atoms with van der Waals surface area (Å²) in [5, 5.41) is 0. The Kier molecular flexibility index (Phi) is 6.56. The molecule has 0 bridgehead atoms. The van der Waals surface area contributed by atoms with E-state index in [0.717, 1.165) is 5.69 Å². The minimum atomic E-state index is -3.62. The molecule has 0 radical (unpaired) electrons. The first-order valence-electron chi connectivity index (χ1n) is 8.84. The highest BCUT2D eigenvalue weighted by atomic mass is 32.2. The number of aryl methyl sites for hydroxylation is 1. The molecule has 0 spiro atoms. The van der Waals surface area contributed by atoms with Crippen LogP contribution in [-0.4, -0.2) is 38.3 Å². The van der Waals surface area contributed by atoms with Gasteiger partial charge in [0.05, 0.1) is 4.90 Å². The predicted octanol–water partition coefficient (Wildman–Crippen LogP) is 3.69. The van der Waals surface area contributed by atoms with E-state index in [0.29, 0.717) is 30.8 Å². The van der Waals surface area contributed by atoms with Gasteiger partial charge in [-0.25, -0.2) is 8.42 Å². The molecule has 5 nitrogen and oxygen atoms in total. The second-order valence-electron chi connectivity index (χ2n) is 5.95. The lowest BCUT2D eigenvalue weighted by atomic mass is 10.1. The number of rotatable bonds is 7. The normalized spacial score (nSPS) is 11.6. The molecule has 0 fully saturated rings. The fraction of sp³-hybridized carbons (Fsp3) is 0.350. The monoisotopic (exact) mass is 374 g/mol. The van der Waals surface area contributed by atoms with Crippen LogP contribution in [0.2, 0.25) is 0 Å². The van der Waals surface area contributed by atoms with E-state index in [-0.39, 0.29) is 10.8 Å². The number of nitrogens with zero attached hydrogens (tertiary/aromatic N) is 2. The Bertz CT molecular complexity index is 860. The standard InChI is InChI=1S/C20H26N2O3S/c1-5-21(6-2)26(24,25)19-15-17(14-13-16(19)4)20(23)22(7-3)18-11-9-8-10-12-18/h8-15H,5-7H2,1-4H3. The molecule has 0 aliphatic carbocycles.